The average molecular weight is 321 g/mol. The Morgan fingerprint density at radius 2 is 2.19 bits per heavy atom. The van der Waals surface area contributed by atoms with E-state index in [1.807, 2.05) is 6.07 Å². The smallest absolute Gasteiger partial charge is 0.244 e. The third-order valence-electron chi connectivity index (χ3n) is 2.65. The van der Waals surface area contributed by atoms with Crippen molar-refractivity contribution in [3.63, 3.8) is 0 Å². The van der Waals surface area contributed by atoms with Gasteiger partial charge in [-0.3, -0.25) is 4.79 Å². The zero-order chi connectivity index (χ0) is 15.2. The van der Waals surface area contributed by atoms with E-state index in [4.69, 9.17) is 9.47 Å². The van der Waals surface area contributed by atoms with Crippen LogP contribution >= 0.6 is 23.5 Å². The Labute approximate surface area is 132 Å². The van der Waals surface area contributed by atoms with Crippen LogP contribution in [0.5, 0.6) is 11.5 Å². The Morgan fingerprint density at radius 1 is 1.38 bits per heavy atom. The summed E-state index contributed by atoms with van der Waals surface area (Å²) in [7, 11) is 3.18. The second kappa shape index (κ2) is 7.38. The fourth-order valence-electron chi connectivity index (χ4n) is 1.68. The first-order chi connectivity index (χ1) is 10.2. The molecule has 0 bridgehead atoms. The molecule has 0 amide bonds. The van der Waals surface area contributed by atoms with Gasteiger partial charge in [-0.15, -0.1) is 6.58 Å². The quantitative estimate of drug-likeness (QED) is 0.612. The van der Waals surface area contributed by atoms with Gasteiger partial charge >= 0.3 is 0 Å². The number of aliphatic imine (C=N–C) groups is 1. The molecule has 1 aromatic carbocycles. The second-order valence-corrected chi connectivity index (χ2v) is 6.23. The zero-order valence-corrected chi connectivity index (χ0v) is 13.4. The van der Waals surface area contributed by atoms with Crippen molar-refractivity contribution in [2.24, 2.45) is 4.99 Å². The summed E-state index contributed by atoms with van der Waals surface area (Å²) in [5.74, 6) is 2.10. The molecule has 0 saturated carbocycles. The first-order valence-electron chi connectivity index (χ1n) is 6.16. The van der Waals surface area contributed by atoms with Gasteiger partial charge in [0.05, 0.1) is 14.2 Å². The lowest BCUT2D eigenvalue weighted by atomic mass is 10.1. The SMILES string of the molecule is C=CCSC1=N/C(=C/c2cc(OC)ccc2OC)C(=O)S1. The summed E-state index contributed by atoms with van der Waals surface area (Å²) in [6.07, 6.45) is 3.50. The maximum absolute atomic E-state index is 12.0. The lowest BCUT2D eigenvalue weighted by Gasteiger charge is -2.07. The Kier molecular flexibility index (Phi) is 5.52. The van der Waals surface area contributed by atoms with E-state index in [2.05, 4.69) is 11.6 Å². The number of thioether (sulfide) groups is 2. The van der Waals surface area contributed by atoms with E-state index >= 15 is 0 Å². The lowest BCUT2D eigenvalue weighted by molar-refractivity contribution is -0.107. The molecular formula is C15H15NO3S2. The van der Waals surface area contributed by atoms with Crippen molar-refractivity contribution < 1.29 is 14.3 Å². The van der Waals surface area contributed by atoms with Crippen molar-refractivity contribution in [2.75, 3.05) is 20.0 Å². The summed E-state index contributed by atoms with van der Waals surface area (Å²) in [6, 6.07) is 5.42. The summed E-state index contributed by atoms with van der Waals surface area (Å²) in [6.45, 7) is 3.65. The highest BCUT2D eigenvalue weighted by atomic mass is 32.2. The third kappa shape index (κ3) is 3.92. The van der Waals surface area contributed by atoms with Crippen LogP contribution in [0, 0.1) is 0 Å². The molecule has 6 heteroatoms. The summed E-state index contributed by atoms with van der Waals surface area (Å²) < 4.78 is 11.2. The molecule has 0 aliphatic carbocycles. The largest absolute Gasteiger partial charge is 0.497 e. The molecule has 0 saturated heterocycles. The number of hydrogen-bond acceptors (Lipinski definition) is 6. The Bertz CT molecular complexity index is 623. The van der Waals surface area contributed by atoms with Crippen molar-refractivity contribution in [3.8, 4) is 11.5 Å². The molecule has 1 aliphatic rings. The van der Waals surface area contributed by atoms with Crippen molar-refractivity contribution in [1.82, 2.24) is 0 Å². The van der Waals surface area contributed by atoms with E-state index in [0.717, 1.165) is 27.5 Å². The molecule has 0 spiro atoms. The highest BCUT2D eigenvalue weighted by Crippen LogP contribution is 2.33. The number of benzene rings is 1. The minimum atomic E-state index is -0.0635. The normalized spacial score (nSPS) is 16.0. The van der Waals surface area contributed by atoms with E-state index in [0.29, 0.717) is 17.2 Å². The van der Waals surface area contributed by atoms with Crippen LogP contribution in [0.1, 0.15) is 5.56 Å². The number of carbonyl (C=O) groups is 1. The molecule has 2 rings (SSSR count). The molecular weight excluding hydrogens is 306 g/mol. The number of rotatable bonds is 5. The van der Waals surface area contributed by atoms with Crippen molar-refractivity contribution >= 4 is 39.1 Å². The van der Waals surface area contributed by atoms with Gasteiger partial charge in [0.15, 0.2) is 0 Å². The van der Waals surface area contributed by atoms with Gasteiger partial charge in [-0.25, -0.2) is 4.99 Å². The molecule has 1 aliphatic heterocycles. The van der Waals surface area contributed by atoms with Crippen LogP contribution in [0.15, 0.2) is 41.5 Å². The monoisotopic (exact) mass is 321 g/mol. The molecule has 0 fully saturated rings. The molecule has 0 N–H and O–H groups in total. The first kappa shape index (κ1) is 15.7. The van der Waals surface area contributed by atoms with E-state index in [1.165, 1.54) is 11.8 Å². The van der Waals surface area contributed by atoms with Crippen LogP contribution < -0.4 is 9.47 Å². The number of nitrogens with zero attached hydrogens (tertiary/aromatic N) is 1. The highest BCUT2D eigenvalue weighted by Gasteiger charge is 2.22. The van der Waals surface area contributed by atoms with E-state index < -0.39 is 0 Å². The minimum Gasteiger partial charge on any atom is -0.497 e. The number of carbonyl (C=O) groups excluding carboxylic acids is 1. The van der Waals surface area contributed by atoms with E-state index in [1.54, 1.807) is 38.5 Å². The second-order valence-electron chi connectivity index (χ2n) is 4.00. The summed E-state index contributed by atoms with van der Waals surface area (Å²) in [5, 5.41) is -0.0635. The molecule has 4 nitrogen and oxygen atoms in total. The topological polar surface area (TPSA) is 47.9 Å². The van der Waals surface area contributed by atoms with Crippen LogP contribution in [-0.2, 0) is 4.79 Å². The van der Waals surface area contributed by atoms with Gasteiger partial charge in [-0.2, -0.15) is 0 Å². The van der Waals surface area contributed by atoms with Crippen LogP contribution in [0.25, 0.3) is 6.08 Å². The highest BCUT2D eigenvalue weighted by molar-refractivity contribution is 8.45. The van der Waals surface area contributed by atoms with Gasteiger partial charge in [0.25, 0.3) is 0 Å². The summed E-state index contributed by atoms with van der Waals surface area (Å²) in [4.78, 5) is 16.3. The third-order valence-corrected chi connectivity index (χ3v) is 4.66. The van der Waals surface area contributed by atoms with Gasteiger partial charge in [-0.1, -0.05) is 17.8 Å². The zero-order valence-electron chi connectivity index (χ0n) is 11.8. The van der Waals surface area contributed by atoms with Crippen molar-refractivity contribution in [2.45, 2.75) is 0 Å². The first-order valence-corrected chi connectivity index (χ1v) is 7.96. The average Bonchev–Trinajstić information content (AvgIpc) is 2.85. The Hall–Kier alpha value is -1.66. The Balaban J connectivity index is 2.32. The molecule has 21 heavy (non-hydrogen) atoms. The standard InChI is InChI=1S/C15H15NO3S2/c1-4-7-20-15-16-12(14(17)21-15)9-10-8-11(18-2)5-6-13(10)19-3/h4-6,8-9H,1,7H2,2-3H3/b12-9+. The van der Waals surface area contributed by atoms with Crippen LogP contribution in [-0.4, -0.2) is 29.5 Å². The summed E-state index contributed by atoms with van der Waals surface area (Å²) >= 11 is 2.64. The number of hydrogen-bond donors (Lipinski definition) is 0. The van der Waals surface area contributed by atoms with E-state index in [-0.39, 0.29) is 5.12 Å². The van der Waals surface area contributed by atoms with Crippen molar-refractivity contribution in [1.29, 1.82) is 0 Å². The lowest BCUT2D eigenvalue weighted by Crippen LogP contribution is -1.92. The maximum Gasteiger partial charge on any atom is 0.244 e. The fraction of sp³-hybridized carbons (Fsp3) is 0.200. The maximum atomic E-state index is 12.0. The van der Waals surface area contributed by atoms with Gasteiger partial charge in [0.2, 0.25) is 5.12 Å². The molecule has 0 atom stereocenters. The Morgan fingerprint density at radius 3 is 2.86 bits per heavy atom. The van der Waals surface area contributed by atoms with Gasteiger partial charge < -0.3 is 9.47 Å². The molecule has 0 radical (unpaired) electrons. The minimum absolute atomic E-state index is 0.0635. The predicted octanol–water partition coefficient (Wildman–Crippen LogP) is 3.59. The number of ether oxygens (including phenoxy) is 2. The number of methoxy groups -OCH3 is 2. The molecule has 110 valence electrons. The summed E-state index contributed by atoms with van der Waals surface area (Å²) in [5.41, 5.74) is 1.18. The van der Waals surface area contributed by atoms with Crippen LogP contribution in [0.3, 0.4) is 0 Å². The van der Waals surface area contributed by atoms with E-state index in [9.17, 15) is 4.79 Å². The van der Waals surface area contributed by atoms with Crippen molar-refractivity contribution in [3.05, 3.63) is 42.1 Å². The van der Waals surface area contributed by atoms with Crippen LogP contribution in [0.2, 0.25) is 0 Å². The molecule has 1 heterocycles. The van der Waals surface area contributed by atoms with Gasteiger partial charge in [-0.05, 0) is 36.0 Å². The molecule has 0 unspecified atom stereocenters. The molecule has 0 aromatic heterocycles. The fourth-order valence-corrected chi connectivity index (χ4v) is 3.28. The van der Waals surface area contributed by atoms with Gasteiger partial charge in [0.1, 0.15) is 21.6 Å². The predicted molar refractivity (Wildman–Crippen MR) is 90.2 cm³/mol. The van der Waals surface area contributed by atoms with Gasteiger partial charge in [0, 0.05) is 11.3 Å². The van der Waals surface area contributed by atoms with Crippen LogP contribution in [0.4, 0.5) is 0 Å². The molecule has 1 aromatic rings.